The largest absolute Gasteiger partial charge is 0.0616 e. The van der Waals surface area contributed by atoms with Crippen LogP contribution in [0.2, 0.25) is 0 Å². The van der Waals surface area contributed by atoms with Crippen molar-refractivity contribution in [3.05, 3.63) is 46.0 Å². The second-order valence-corrected chi connectivity index (χ2v) is 4.37. The molecule has 3 rings (SSSR count). The van der Waals surface area contributed by atoms with Crippen LogP contribution in [0.3, 0.4) is 0 Å². The van der Waals surface area contributed by atoms with Crippen LogP contribution in [0.15, 0.2) is 42.5 Å². The Morgan fingerprint density at radius 2 is 1.38 bits per heavy atom. The van der Waals surface area contributed by atoms with E-state index in [1.807, 2.05) is 0 Å². The molecule has 0 bridgehead atoms. The quantitative estimate of drug-likeness (QED) is 0.546. The minimum absolute atomic E-state index is 1.36. The van der Waals surface area contributed by atoms with E-state index in [2.05, 4.69) is 65.1 Å². The van der Waals surface area contributed by atoms with Gasteiger partial charge in [-0.2, -0.15) is 0 Å². The molecule has 0 saturated carbocycles. The second kappa shape index (κ2) is 2.58. The van der Waals surface area contributed by atoms with Gasteiger partial charge in [-0.05, 0) is 45.3 Å². The lowest BCUT2D eigenvalue weighted by Crippen LogP contribution is -1.99. The summed E-state index contributed by atoms with van der Waals surface area (Å²) in [7, 11) is 0. The van der Waals surface area contributed by atoms with E-state index in [1.165, 1.54) is 25.8 Å². The van der Waals surface area contributed by atoms with Gasteiger partial charge in [-0.25, -0.2) is 0 Å². The average Bonchev–Trinajstić information content (AvgIpc) is 2.14. The van der Waals surface area contributed by atoms with Gasteiger partial charge in [0.15, 0.2) is 0 Å². The van der Waals surface area contributed by atoms with Crippen molar-refractivity contribution in [1.82, 2.24) is 0 Å². The predicted octanol–water partition coefficient (Wildman–Crippen LogP) is 3.94. The van der Waals surface area contributed by atoms with Crippen molar-refractivity contribution in [3.8, 4) is 22.3 Å². The summed E-state index contributed by atoms with van der Waals surface area (Å²) in [5, 5.41) is 0. The molecular formula is C12H7I. The molecule has 0 radical (unpaired) electrons. The fourth-order valence-corrected chi connectivity index (χ4v) is 2.68. The Hall–Kier alpha value is -0.830. The van der Waals surface area contributed by atoms with Crippen LogP contribution in [0.5, 0.6) is 0 Å². The summed E-state index contributed by atoms with van der Waals surface area (Å²) < 4.78 is 1.36. The normalized spacial score (nSPS) is 11.5. The molecule has 0 saturated heterocycles. The summed E-state index contributed by atoms with van der Waals surface area (Å²) in [6.07, 6.45) is 0. The lowest BCUT2D eigenvalue weighted by atomic mass is 9.81. The first-order valence-corrected chi connectivity index (χ1v) is 5.34. The van der Waals surface area contributed by atoms with Crippen LogP contribution in [0.1, 0.15) is 0 Å². The van der Waals surface area contributed by atoms with Gasteiger partial charge < -0.3 is 0 Å². The maximum Gasteiger partial charge on any atom is 0.0215 e. The van der Waals surface area contributed by atoms with Gasteiger partial charge in [-0.1, -0.05) is 36.4 Å². The highest BCUT2D eigenvalue weighted by Gasteiger charge is 2.22. The zero-order valence-corrected chi connectivity index (χ0v) is 9.08. The smallest absolute Gasteiger partial charge is 0.0215 e. The molecule has 1 heteroatoms. The van der Waals surface area contributed by atoms with Crippen molar-refractivity contribution in [2.24, 2.45) is 0 Å². The molecule has 0 nitrogen and oxygen atoms in total. The first-order chi connectivity index (χ1) is 6.38. The maximum atomic E-state index is 2.40. The Morgan fingerprint density at radius 1 is 0.692 bits per heavy atom. The van der Waals surface area contributed by atoms with Gasteiger partial charge in [-0.3, -0.25) is 0 Å². The summed E-state index contributed by atoms with van der Waals surface area (Å²) in [5.74, 6) is 0. The van der Waals surface area contributed by atoms with Gasteiger partial charge in [0.25, 0.3) is 0 Å². The fraction of sp³-hybridized carbons (Fsp3) is 0. The number of fused-ring (bicyclic) bond motifs is 4. The van der Waals surface area contributed by atoms with Crippen LogP contribution < -0.4 is 0 Å². The highest BCUT2D eigenvalue weighted by Crippen LogP contribution is 2.48. The molecule has 0 atom stereocenters. The van der Waals surface area contributed by atoms with Crippen molar-refractivity contribution in [3.63, 3.8) is 0 Å². The molecule has 0 amide bonds. The zero-order valence-electron chi connectivity index (χ0n) is 6.92. The molecule has 0 unspecified atom stereocenters. The molecule has 62 valence electrons. The SMILES string of the molecule is Ic1cccc2c1-c1ccccc1-2. The third-order valence-corrected chi connectivity index (χ3v) is 3.40. The van der Waals surface area contributed by atoms with E-state index >= 15 is 0 Å². The molecule has 0 aliphatic heterocycles. The Kier molecular flexibility index (Phi) is 1.50. The average molecular weight is 278 g/mol. The van der Waals surface area contributed by atoms with E-state index in [9.17, 15) is 0 Å². The molecule has 0 aromatic heterocycles. The molecule has 2 aromatic rings. The van der Waals surface area contributed by atoms with Crippen LogP contribution in [0.25, 0.3) is 22.3 Å². The molecular weight excluding hydrogens is 271 g/mol. The number of benzene rings is 2. The van der Waals surface area contributed by atoms with Gasteiger partial charge in [0.05, 0.1) is 0 Å². The van der Waals surface area contributed by atoms with Gasteiger partial charge in [0.2, 0.25) is 0 Å². The first kappa shape index (κ1) is 7.56. The van der Waals surface area contributed by atoms with Gasteiger partial charge in [0.1, 0.15) is 0 Å². The van der Waals surface area contributed by atoms with Crippen molar-refractivity contribution in [1.29, 1.82) is 0 Å². The predicted molar refractivity (Wildman–Crippen MR) is 63.6 cm³/mol. The number of hydrogen-bond acceptors (Lipinski definition) is 0. The number of hydrogen-bond donors (Lipinski definition) is 0. The van der Waals surface area contributed by atoms with E-state index in [0.29, 0.717) is 0 Å². The van der Waals surface area contributed by atoms with Crippen molar-refractivity contribution < 1.29 is 0 Å². The molecule has 0 heterocycles. The van der Waals surface area contributed by atoms with Crippen LogP contribution in [-0.2, 0) is 0 Å². The molecule has 1 aliphatic rings. The molecule has 1 aliphatic carbocycles. The van der Waals surface area contributed by atoms with Crippen LogP contribution in [-0.4, -0.2) is 0 Å². The van der Waals surface area contributed by atoms with Gasteiger partial charge in [0, 0.05) is 9.13 Å². The Labute approximate surface area is 90.7 Å². The topological polar surface area (TPSA) is 0 Å². The van der Waals surface area contributed by atoms with E-state index in [4.69, 9.17) is 0 Å². The monoisotopic (exact) mass is 278 g/mol. The summed E-state index contributed by atoms with van der Waals surface area (Å²) >= 11 is 2.40. The zero-order chi connectivity index (χ0) is 8.84. The first-order valence-electron chi connectivity index (χ1n) is 4.26. The van der Waals surface area contributed by atoms with E-state index in [1.54, 1.807) is 0 Å². The van der Waals surface area contributed by atoms with Crippen molar-refractivity contribution >= 4 is 22.6 Å². The lowest BCUT2D eigenvalue weighted by Gasteiger charge is -2.24. The minimum atomic E-state index is 1.36. The summed E-state index contributed by atoms with van der Waals surface area (Å²) in [6.45, 7) is 0. The van der Waals surface area contributed by atoms with Crippen molar-refractivity contribution in [2.75, 3.05) is 0 Å². The highest BCUT2D eigenvalue weighted by molar-refractivity contribution is 14.1. The summed E-state index contributed by atoms with van der Waals surface area (Å²) in [5.41, 5.74) is 5.64. The van der Waals surface area contributed by atoms with Crippen LogP contribution in [0.4, 0.5) is 0 Å². The van der Waals surface area contributed by atoms with Crippen LogP contribution in [0, 0.1) is 3.57 Å². The molecule has 13 heavy (non-hydrogen) atoms. The Balaban J connectivity index is 2.35. The van der Waals surface area contributed by atoms with E-state index < -0.39 is 0 Å². The lowest BCUT2D eigenvalue weighted by molar-refractivity contribution is 1.49. The Bertz CT molecular complexity index is 486. The molecule has 2 aromatic carbocycles. The summed E-state index contributed by atoms with van der Waals surface area (Å²) in [4.78, 5) is 0. The third kappa shape index (κ3) is 0.908. The second-order valence-electron chi connectivity index (χ2n) is 3.21. The molecule has 0 fully saturated rings. The fourth-order valence-electron chi connectivity index (χ4n) is 1.90. The minimum Gasteiger partial charge on any atom is -0.0616 e. The van der Waals surface area contributed by atoms with Gasteiger partial charge in [-0.15, -0.1) is 0 Å². The van der Waals surface area contributed by atoms with Crippen LogP contribution >= 0.6 is 22.6 Å². The number of rotatable bonds is 0. The maximum absolute atomic E-state index is 2.40. The molecule has 0 N–H and O–H groups in total. The van der Waals surface area contributed by atoms with E-state index in [0.717, 1.165) is 0 Å². The Morgan fingerprint density at radius 3 is 2.23 bits per heavy atom. The molecule has 0 spiro atoms. The van der Waals surface area contributed by atoms with Crippen molar-refractivity contribution in [2.45, 2.75) is 0 Å². The standard InChI is InChI=1S/C12H7I/c13-11-7-3-6-10-8-4-1-2-5-9(8)12(10)11/h1-7H. The third-order valence-electron chi connectivity index (χ3n) is 2.50. The summed E-state index contributed by atoms with van der Waals surface area (Å²) in [6, 6.07) is 15.1. The highest BCUT2D eigenvalue weighted by atomic mass is 127. The van der Waals surface area contributed by atoms with Gasteiger partial charge >= 0.3 is 0 Å². The number of halogens is 1. The van der Waals surface area contributed by atoms with E-state index in [-0.39, 0.29) is 0 Å².